The zero-order valence-corrected chi connectivity index (χ0v) is 21.6. The molecule has 0 saturated carbocycles. The van der Waals surface area contributed by atoms with Crippen LogP contribution in [0.25, 0.3) is 11.0 Å². The largest absolute Gasteiger partial charge is 0.465 e. The number of imidazole rings is 1. The van der Waals surface area contributed by atoms with Gasteiger partial charge < -0.3 is 25.7 Å². The molecule has 6 N–H and O–H groups in total. The Labute approximate surface area is 216 Å². The summed E-state index contributed by atoms with van der Waals surface area (Å²) < 4.78 is 5.10. The number of amides is 1. The van der Waals surface area contributed by atoms with Gasteiger partial charge in [0.05, 0.1) is 30.7 Å². The van der Waals surface area contributed by atoms with Crippen LogP contribution in [0.5, 0.6) is 0 Å². The molecule has 0 bridgehead atoms. The summed E-state index contributed by atoms with van der Waals surface area (Å²) in [5.74, 6) is 0.328. The number of aryl methyl sites for hydroxylation is 1. The molecule has 0 aliphatic carbocycles. The first kappa shape index (κ1) is 26.2. The number of aromatic amines is 1. The van der Waals surface area contributed by atoms with E-state index in [4.69, 9.17) is 20.9 Å². The monoisotopic (exact) mass is 505 g/mol. The zero-order chi connectivity index (χ0) is 26.6. The molecule has 1 fully saturated rings. The molecule has 1 atom stereocenters. The van der Waals surface area contributed by atoms with E-state index in [0.29, 0.717) is 25.2 Å². The Balaban J connectivity index is 1.60. The van der Waals surface area contributed by atoms with Gasteiger partial charge in [0.25, 0.3) is 0 Å². The Morgan fingerprint density at radius 1 is 1.19 bits per heavy atom. The third-order valence-electron chi connectivity index (χ3n) is 6.86. The van der Waals surface area contributed by atoms with Gasteiger partial charge in [-0.25, -0.2) is 4.98 Å². The van der Waals surface area contributed by atoms with E-state index in [1.54, 1.807) is 19.1 Å². The van der Waals surface area contributed by atoms with Crippen LogP contribution in [0, 0.1) is 12.3 Å². The fourth-order valence-corrected chi connectivity index (χ4v) is 4.83. The standard InChI is InChI=1S/C27H35N7O3/c1-4-37-23(35)16-31-27(3,26(36)34-13-5-6-14-34)20-11-12-21-24(17(20)2)33-22(32-21)15-30-19-9-7-18(8-10-19)25(28)29/h7-12,30-31H,4-6,13-16H2,1-3H3,(H3,28,29)(H,32,33). The van der Waals surface area contributed by atoms with Crippen LogP contribution >= 0.6 is 0 Å². The lowest BCUT2D eigenvalue weighted by Gasteiger charge is -2.35. The second-order valence-electron chi connectivity index (χ2n) is 9.45. The quantitative estimate of drug-likeness (QED) is 0.162. The van der Waals surface area contributed by atoms with Crippen molar-refractivity contribution >= 4 is 34.4 Å². The van der Waals surface area contributed by atoms with E-state index in [1.807, 2.05) is 43.0 Å². The summed E-state index contributed by atoms with van der Waals surface area (Å²) >= 11 is 0. The number of amidine groups is 1. The van der Waals surface area contributed by atoms with Gasteiger partial charge in [0.1, 0.15) is 17.2 Å². The fraction of sp³-hybridized carbons (Fsp3) is 0.407. The van der Waals surface area contributed by atoms with Crippen LogP contribution in [0.4, 0.5) is 5.69 Å². The summed E-state index contributed by atoms with van der Waals surface area (Å²) in [6.07, 6.45) is 1.95. The predicted molar refractivity (Wildman–Crippen MR) is 143 cm³/mol. The van der Waals surface area contributed by atoms with E-state index in [0.717, 1.165) is 46.5 Å². The number of nitrogens with zero attached hydrogens (tertiary/aromatic N) is 2. The van der Waals surface area contributed by atoms with Crippen LogP contribution < -0.4 is 16.4 Å². The molecule has 196 valence electrons. The maximum absolute atomic E-state index is 13.7. The van der Waals surface area contributed by atoms with Crippen molar-refractivity contribution in [2.45, 2.75) is 45.7 Å². The van der Waals surface area contributed by atoms with E-state index in [1.165, 1.54) is 0 Å². The first-order valence-corrected chi connectivity index (χ1v) is 12.6. The summed E-state index contributed by atoms with van der Waals surface area (Å²) in [5.41, 5.74) is 9.27. The molecule has 1 amide bonds. The van der Waals surface area contributed by atoms with Crippen molar-refractivity contribution in [2.24, 2.45) is 5.73 Å². The second-order valence-corrected chi connectivity index (χ2v) is 9.45. The van der Waals surface area contributed by atoms with Crippen molar-refractivity contribution in [3.63, 3.8) is 0 Å². The number of nitrogens with one attached hydrogen (secondary N) is 4. The van der Waals surface area contributed by atoms with E-state index in [9.17, 15) is 9.59 Å². The van der Waals surface area contributed by atoms with Crippen LogP contribution in [0.3, 0.4) is 0 Å². The van der Waals surface area contributed by atoms with E-state index in [-0.39, 0.29) is 24.9 Å². The smallest absolute Gasteiger partial charge is 0.319 e. The van der Waals surface area contributed by atoms with Gasteiger partial charge in [0.2, 0.25) is 5.91 Å². The Kier molecular flexibility index (Phi) is 7.77. The lowest BCUT2D eigenvalue weighted by molar-refractivity contribution is -0.143. The number of fused-ring (bicyclic) bond motifs is 1. The van der Waals surface area contributed by atoms with E-state index >= 15 is 0 Å². The summed E-state index contributed by atoms with van der Waals surface area (Å²) in [5, 5.41) is 14.0. The summed E-state index contributed by atoms with van der Waals surface area (Å²) in [6.45, 7) is 7.65. The number of esters is 1. The molecule has 1 aromatic heterocycles. The highest BCUT2D eigenvalue weighted by Crippen LogP contribution is 2.32. The molecule has 4 rings (SSSR count). The molecule has 2 aromatic carbocycles. The van der Waals surface area contributed by atoms with Crippen molar-refractivity contribution in [3.8, 4) is 0 Å². The molecule has 0 radical (unpaired) electrons. The minimum Gasteiger partial charge on any atom is -0.465 e. The van der Waals surface area contributed by atoms with Crippen LogP contribution in [0.1, 0.15) is 49.2 Å². The minimum atomic E-state index is -1.11. The normalized spacial score (nSPS) is 14.9. The van der Waals surface area contributed by atoms with Gasteiger partial charge in [-0.05, 0) is 75.1 Å². The number of likely N-dealkylation sites (tertiary alicyclic amines) is 1. The zero-order valence-electron chi connectivity index (χ0n) is 21.6. The highest BCUT2D eigenvalue weighted by Gasteiger charge is 2.41. The lowest BCUT2D eigenvalue weighted by atomic mass is 9.86. The lowest BCUT2D eigenvalue weighted by Crippen LogP contribution is -2.54. The number of benzene rings is 2. The van der Waals surface area contributed by atoms with Gasteiger partial charge in [0.15, 0.2) is 0 Å². The average molecular weight is 506 g/mol. The molecule has 1 aliphatic heterocycles. The topological polar surface area (TPSA) is 149 Å². The predicted octanol–water partition coefficient (Wildman–Crippen LogP) is 2.76. The Morgan fingerprint density at radius 2 is 1.89 bits per heavy atom. The maximum atomic E-state index is 13.7. The Morgan fingerprint density at radius 3 is 2.54 bits per heavy atom. The number of aromatic nitrogens is 2. The average Bonchev–Trinajstić information content (AvgIpc) is 3.57. The van der Waals surface area contributed by atoms with Crippen LogP contribution in [0.2, 0.25) is 0 Å². The number of ether oxygens (including phenoxy) is 1. The number of H-pyrrole nitrogens is 1. The molecular weight excluding hydrogens is 470 g/mol. The Bertz CT molecular complexity index is 1300. The molecule has 2 heterocycles. The van der Waals surface area contributed by atoms with Gasteiger partial charge in [-0.15, -0.1) is 0 Å². The summed E-state index contributed by atoms with van der Waals surface area (Å²) in [4.78, 5) is 35.9. The molecule has 10 nitrogen and oxygen atoms in total. The van der Waals surface area contributed by atoms with Crippen LogP contribution in [0.15, 0.2) is 36.4 Å². The molecular formula is C27H35N7O3. The third-order valence-corrected chi connectivity index (χ3v) is 6.86. The van der Waals surface area contributed by atoms with E-state index in [2.05, 4.69) is 15.6 Å². The van der Waals surface area contributed by atoms with Crippen molar-refractivity contribution < 1.29 is 14.3 Å². The van der Waals surface area contributed by atoms with Crippen LogP contribution in [-0.2, 0) is 26.4 Å². The highest BCUT2D eigenvalue weighted by molar-refractivity contribution is 5.95. The van der Waals surface area contributed by atoms with Gasteiger partial charge in [-0.1, -0.05) is 6.07 Å². The number of carbonyl (C=O) groups is 2. The van der Waals surface area contributed by atoms with Crippen molar-refractivity contribution in [2.75, 3.05) is 31.6 Å². The number of hydrogen-bond donors (Lipinski definition) is 5. The fourth-order valence-electron chi connectivity index (χ4n) is 4.83. The number of anilines is 1. The molecule has 1 unspecified atom stereocenters. The molecule has 0 spiro atoms. The maximum Gasteiger partial charge on any atom is 0.319 e. The number of nitrogen functional groups attached to an aromatic ring is 1. The van der Waals surface area contributed by atoms with Gasteiger partial charge in [-0.3, -0.25) is 20.3 Å². The molecule has 37 heavy (non-hydrogen) atoms. The van der Waals surface area contributed by atoms with Crippen molar-refractivity contribution in [3.05, 3.63) is 58.9 Å². The van der Waals surface area contributed by atoms with Crippen molar-refractivity contribution in [1.29, 1.82) is 5.41 Å². The van der Waals surface area contributed by atoms with E-state index < -0.39 is 11.5 Å². The Hall–Kier alpha value is -3.92. The van der Waals surface area contributed by atoms with Gasteiger partial charge in [0, 0.05) is 24.3 Å². The van der Waals surface area contributed by atoms with Crippen LogP contribution in [-0.4, -0.2) is 58.8 Å². The van der Waals surface area contributed by atoms with Gasteiger partial charge >= 0.3 is 5.97 Å². The molecule has 1 aliphatic rings. The first-order chi connectivity index (χ1) is 17.7. The highest BCUT2D eigenvalue weighted by atomic mass is 16.5. The first-order valence-electron chi connectivity index (χ1n) is 12.6. The number of rotatable bonds is 10. The van der Waals surface area contributed by atoms with Crippen molar-refractivity contribution in [1.82, 2.24) is 20.2 Å². The molecule has 1 saturated heterocycles. The molecule has 10 heteroatoms. The number of hydrogen-bond acceptors (Lipinski definition) is 7. The summed E-state index contributed by atoms with van der Waals surface area (Å²) in [7, 11) is 0. The molecule has 3 aromatic rings. The SMILES string of the molecule is CCOC(=O)CNC(C)(C(=O)N1CCCC1)c1ccc2[nH]c(CNc3ccc(C(=N)N)cc3)nc2c1C. The van der Waals surface area contributed by atoms with Gasteiger partial charge in [-0.2, -0.15) is 0 Å². The second kappa shape index (κ2) is 11.0. The third kappa shape index (κ3) is 5.59. The summed E-state index contributed by atoms with van der Waals surface area (Å²) in [6, 6.07) is 11.2. The minimum absolute atomic E-state index is 0.0297. The number of nitrogens with two attached hydrogens (primary N) is 1. The number of carbonyl (C=O) groups excluding carboxylic acids is 2.